The van der Waals surface area contributed by atoms with Gasteiger partial charge in [-0.05, 0) is 57.0 Å². The summed E-state index contributed by atoms with van der Waals surface area (Å²) in [7, 11) is 0. The van der Waals surface area contributed by atoms with Gasteiger partial charge < -0.3 is 0 Å². The van der Waals surface area contributed by atoms with Crippen molar-refractivity contribution in [2.24, 2.45) is 0 Å². The summed E-state index contributed by atoms with van der Waals surface area (Å²) in [5, 5.41) is 3.74. The number of aromatic nitrogens is 2. The Balaban J connectivity index is 1.84. The number of rotatable bonds is 1. The largest absolute Gasteiger partial charge is 0.293 e. The van der Waals surface area contributed by atoms with E-state index in [1.54, 1.807) is 0 Å². The lowest BCUT2D eigenvalue weighted by atomic mass is 10.1. The molecule has 0 spiro atoms. The van der Waals surface area contributed by atoms with Crippen LogP contribution < -0.4 is 0 Å². The second kappa shape index (κ2) is 5.48. The van der Waals surface area contributed by atoms with E-state index in [1.807, 2.05) is 0 Å². The zero-order valence-corrected chi connectivity index (χ0v) is 16.0. The molecule has 27 heavy (non-hydrogen) atoms. The van der Waals surface area contributed by atoms with Crippen molar-refractivity contribution < 1.29 is 0 Å². The molecule has 0 unspecified atom stereocenters. The number of fused-ring (bicyclic) bond motifs is 6. The summed E-state index contributed by atoms with van der Waals surface area (Å²) in [5.41, 5.74) is 5.96. The number of benzene rings is 4. The summed E-state index contributed by atoms with van der Waals surface area (Å²) in [5.74, 6) is 0. The van der Waals surface area contributed by atoms with Gasteiger partial charge in [0.25, 0.3) is 0 Å². The van der Waals surface area contributed by atoms with Crippen LogP contribution >= 0.6 is 15.9 Å². The first-order valence-corrected chi connectivity index (χ1v) is 9.79. The van der Waals surface area contributed by atoms with E-state index in [9.17, 15) is 0 Å². The quantitative estimate of drug-likeness (QED) is 0.277. The average Bonchev–Trinajstić information content (AvgIpc) is 3.21. The highest BCUT2D eigenvalue weighted by atomic mass is 79.9. The van der Waals surface area contributed by atoms with E-state index in [0.29, 0.717) is 0 Å². The molecule has 0 amide bonds. The number of halogens is 1. The normalized spacial score (nSPS) is 11.9. The molecule has 0 atom stereocenters. The molecule has 0 bridgehead atoms. The molecular weight excluding hydrogens is 396 g/mol. The van der Waals surface area contributed by atoms with Crippen LogP contribution in [0.15, 0.2) is 95.5 Å². The van der Waals surface area contributed by atoms with Gasteiger partial charge in [0.1, 0.15) is 5.65 Å². The summed E-state index contributed by atoms with van der Waals surface area (Å²) >= 11 is 3.89. The van der Waals surface area contributed by atoms with Crippen molar-refractivity contribution in [3.63, 3.8) is 0 Å². The molecule has 0 aliphatic heterocycles. The third-order valence-electron chi connectivity index (χ3n) is 5.36. The molecular formula is C24H15BrN2. The molecule has 3 heteroatoms. The van der Waals surface area contributed by atoms with Crippen LogP contribution in [0, 0.1) is 0 Å². The first-order chi connectivity index (χ1) is 13.3. The Morgan fingerprint density at radius 1 is 0.593 bits per heavy atom. The van der Waals surface area contributed by atoms with Crippen molar-refractivity contribution in [2.45, 2.75) is 0 Å². The lowest BCUT2D eigenvalue weighted by molar-refractivity contribution is 1.15. The Morgan fingerprint density at radius 2 is 1.26 bits per heavy atom. The average molecular weight is 411 g/mol. The molecule has 2 aromatic heterocycles. The monoisotopic (exact) mass is 410 g/mol. The van der Waals surface area contributed by atoms with Crippen LogP contribution in [0.1, 0.15) is 0 Å². The number of hydrogen-bond donors (Lipinski definition) is 0. The summed E-state index contributed by atoms with van der Waals surface area (Å²) in [6, 6.07) is 32.3. The predicted molar refractivity (Wildman–Crippen MR) is 117 cm³/mol. The van der Waals surface area contributed by atoms with E-state index in [0.717, 1.165) is 10.1 Å². The van der Waals surface area contributed by atoms with Gasteiger partial charge in [-0.3, -0.25) is 8.97 Å². The van der Waals surface area contributed by atoms with E-state index < -0.39 is 0 Å². The Kier molecular flexibility index (Phi) is 3.06. The molecule has 0 aliphatic rings. The van der Waals surface area contributed by atoms with Gasteiger partial charge in [-0.25, -0.2) is 0 Å². The lowest BCUT2D eigenvalue weighted by Gasteiger charge is -2.08. The van der Waals surface area contributed by atoms with Crippen LogP contribution in [0.2, 0.25) is 0 Å². The van der Waals surface area contributed by atoms with Crippen LogP contribution in [-0.2, 0) is 0 Å². The van der Waals surface area contributed by atoms with Crippen LogP contribution in [0.3, 0.4) is 0 Å². The van der Waals surface area contributed by atoms with E-state index in [-0.39, 0.29) is 0 Å². The van der Waals surface area contributed by atoms with Crippen LogP contribution in [0.25, 0.3) is 44.0 Å². The van der Waals surface area contributed by atoms with Gasteiger partial charge in [0.15, 0.2) is 0 Å². The third-order valence-corrected chi connectivity index (χ3v) is 6.14. The fraction of sp³-hybridized carbons (Fsp3) is 0. The van der Waals surface area contributed by atoms with Crippen molar-refractivity contribution in [2.75, 3.05) is 0 Å². The second-order valence-corrected chi connectivity index (χ2v) is 7.64. The topological polar surface area (TPSA) is 9.34 Å². The first kappa shape index (κ1) is 15.1. The van der Waals surface area contributed by atoms with E-state index in [1.165, 1.54) is 38.4 Å². The zero-order chi connectivity index (χ0) is 18.0. The number of nitrogens with zero attached hydrogens (tertiary/aromatic N) is 2. The van der Waals surface area contributed by atoms with E-state index in [2.05, 4.69) is 116 Å². The highest BCUT2D eigenvalue weighted by Crippen LogP contribution is 2.38. The van der Waals surface area contributed by atoms with Crippen molar-refractivity contribution in [1.29, 1.82) is 0 Å². The minimum Gasteiger partial charge on any atom is -0.293 e. The van der Waals surface area contributed by atoms with Gasteiger partial charge in [-0.1, -0.05) is 60.7 Å². The Labute approximate surface area is 164 Å². The fourth-order valence-corrected chi connectivity index (χ4v) is 4.85. The summed E-state index contributed by atoms with van der Waals surface area (Å²) in [6.45, 7) is 0. The van der Waals surface area contributed by atoms with Crippen LogP contribution in [-0.4, -0.2) is 8.97 Å². The number of imidazole rings is 1. The van der Waals surface area contributed by atoms with Gasteiger partial charge in [-0.2, -0.15) is 0 Å². The maximum Gasteiger partial charge on any atom is 0.138 e. The molecule has 0 saturated carbocycles. The predicted octanol–water partition coefficient (Wildman–Crippen LogP) is 6.95. The molecule has 2 nitrogen and oxygen atoms in total. The Morgan fingerprint density at radius 3 is 2.11 bits per heavy atom. The number of hydrogen-bond acceptors (Lipinski definition) is 0. The highest BCUT2D eigenvalue weighted by molar-refractivity contribution is 9.10. The van der Waals surface area contributed by atoms with Crippen molar-refractivity contribution in [3.8, 4) is 5.69 Å². The molecule has 4 aromatic carbocycles. The highest BCUT2D eigenvalue weighted by Gasteiger charge is 2.19. The smallest absolute Gasteiger partial charge is 0.138 e. The molecule has 6 aromatic rings. The minimum absolute atomic E-state index is 1.13. The maximum atomic E-state index is 3.89. The van der Waals surface area contributed by atoms with Gasteiger partial charge in [-0.15, -0.1) is 0 Å². The SMILES string of the molecule is Brc1c2ccccc2n2c3ccccc3n(-c3ccc4ccccc4c3)c12. The van der Waals surface area contributed by atoms with Crippen molar-refractivity contribution >= 4 is 54.3 Å². The molecule has 0 fully saturated rings. The van der Waals surface area contributed by atoms with Crippen molar-refractivity contribution in [3.05, 3.63) is 95.5 Å². The molecule has 0 N–H and O–H groups in total. The summed E-state index contributed by atoms with van der Waals surface area (Å²) < 4.78 is 5.83. The van der Waals surface area contributed by atoms with Gasteiger partial charge >= 0.3 is 0 Å². The lowest BCUT2D eigenvalue weighted by Crippen LogP contribution is -1.94. The molecule has 2 heterocycles. The van der Waals surface area contributed by atoms with Gasteiger partial charge in [0.05, 0.1) is 21.0 Å². The molecule has 6 rings (SSSR count). The zero-order valence-electron chi connectivity index (χ0n) is 14.4. The molecule has 0 saturated heterocycles. The van der Waals surface area contributed by atoms with E-state index in [4.69, 9.17) is 0 Å². The first-order valence-electron chi connectivity index (χ1n) is 9.00. The van der Waals surface area contributed by atoms with Crippen molar-refractivity contribution in [1.82, 2.24) is 8.97 Å². The Hall–Kier alpha value is -3.04. The summed E-state index contributed by atoms with van der Waals surface area (Å²) in [6.07, 6.45) is 0. The van der Waals surface area contributed by atoms with Gasteiger partial charge in [0, 0.05) is 11.1 Å². The van der Waals surface area contributed by atoms with Crippen LogP contribution in [0.5, 0.6) is 0 Å². The molecule has 128 valence electrons. The Bertz CT molecular complexity index is 1490. The third kappa shape index (κ3) is 2.00. The van der Waals surface area contributed by atoms with Gasteiger partial charge in [0.2, 0.25) is 0 Å². The minimum atomic E-state index is 1.13. The fourth-order valence-electron chi connectivity index (χ4n) is 4.16. The van der Waals surface area contributed by atoms with E-state index >= 15 is 0 Å². The summed E-state index contributed by atoms with van der Waals surface area (Å²) in [4.78, 5) is 0. The standard InChI is InChI=1S/C24H15BrN2/c25-23-19-9-3-4-10-20(19)27-22-12-6-5-11-21(22)26(24(23)27)18-14-13-16-7-1-2-8-17(16)15-18/h1-15H. The number of para-hydroxylation sites is 3. The second-order valence-electron chi connectivity index (χ2n) is 6.85. The maximum absolute atomic E-state index is 3.89. The molecule has 0 radical (unpaired) electrons. The molecule has 0 aliphatic carbocycles. The van der Waals surface area contributed by atoms with Crippen LogP contribution in [0.4, 0.5) is 0 Å².